The molecule has 0 bridgehead atoms. The zero-order chi connectivity index (χ0) is 21.4. The summed E-state index contributed by atoms with van der Waals surface area (Å²) in [4.78, 5) is 16.6. The largest absolute Gasteiger partial charge is 0.444 e. The number of aromatic nitrogens is 3. The van der Waals surface area contributed by atoms with Gasteiger partial charge in [-0.05, 0) is 31.9 Å². The molecule has 2 aliphatic heterocycles. The Morgan fingerprint density at radius 2 is 2.03 bits per heavy atom. The Morgan fingerprint density at radius 3 is 2.68 bits per heavy atom. The zero-order valence-electron chi connectivity index (χ0n) is 17.2. The minimum atomic E-state index is 0.101. The number of nitrogens with two attached hydrogens (primary N) is 1. The maximum Gasteiger partial charge on any atom is 0.227 e. The number of benzene rings is 1. The Balaban J connectivity index is 1.26. The van der Waals surface area contributed by atoms with Crippen LogP contribution in [0.3, 0.4) is 0 Å². The van der Waals surface area contributed by atoms with E-state index in [-0.39, 0.29) is 17.6 Å². The molecule has 1 aromatic carbocycles. The molecule has 0 amide bonds. The number of nitrogens with zero attached hydrogens (tertiary/aromatic N) is 4. The Labute approximate surface area is 190 Å². The molecule has 2 atom stereocenters. The van der Waals surface area contributed by atoms with Gasteiger partial charge in [0.2, 0.25) is 5.89 Å². The first-order valence-corrected chi connectivity index (χ1v) is 11.6. The molecule has 0 unspecified atom stereocenters. The third kappa shape index (κ3) is 3.93. The SMILES string of the molecule is C[C@@H]1OCC2(CCN(c3cnc(Sc4cccc(-c5ncco5)c4Cl)cn3)CC2)[C@@H]1N. The van der Waals surface area contributed by atoms with Crippen LogP contribution in [0.5, 0.6) is 0 Å². The van der Waals surface area contributed by atoms with Gasteiger partial charge in [-0.15, -0.1) is 0 Å². The van der Waals surface area contributed by atoms with Crippen molar-refractivity contribution in [2.45, 2.75) is 41.8 Å². The molecular weight excluding hydrogens is 434 g/mol. The average molecular weight is 458 g/mol. The molecule has 162 valence electrons. The summed E-state index contributed by atoms with van der Waals surface area (Å²) in [5.41, 5.74) is 7.28. The maximum atomic E-state index is 6.59. The van der Waals surface area contributed by atoms with Gasteiger partial charge in [0.1, 0.15) is 17.1 Å². The molecule has 9 heteroatoms. The summed E-state index contributed by atoms with van der Waals surface area (Å²) in [5.74, 6) is 1.39. The lowest BCUT2D eigenvalue weighted by Gasteiger charge is -2.41. The molecule has 2 saturated heterocycles. The van der Waals surface area contributed by atoms with Crippen molar-refractivity contribution in [3.8, 4) is 11.5 Å². The van der Waals surface area contributed by atoms with Crippen molar-refractivity contribution in [1.82, 2.24) is 15.0 Å². The molecule has 5 rings (SSSR count). The maximum absolute atomic E-state index is 6.59. The summed E-state index contributed by atoms with van der Waals surface area (Å²) < 4.78 is 11.2. The number of piperidine rings is 1. The summed E-state index contributed by atoms with van der Waals surface area (Å²) in [7, 11) is 0. The number of hydrogen-bond donors (Lipinski definition) is 1. The fraction of sp³-hybridized carbons (Fsp3) is 0.409. The number of halogens is 1. The van der Waals surface area contributed by atoms with E-state index >= 15 is 0 Å². The molecule has 2 fully saturated rings. The first-order valence-electron chi connectivity index (χ1n) is 10.4. The molecule has 2 N–H and O–H groups in total. The lowest BCUT2D eigenvalue weighted by molar-refractivity contribution is 0.0974. The van der Waals surface area contributed by atoms with Crippen LogP contribution in [-0.4, -0.2) is 46.8 Å². The van der Waals surface area contributed by atoms with E-state index in [4.69, 9.17) is 26.5 Å². The molecule has 1 spiro atoms. The van der Waals surface area contributed by atoms with Gasteiger partial charge in [0.15, 0.2) is 0 Å². The minimum absolute atomic E-state index is 0.101. The highest BCUT2D eigenvalue weighted by atomic mass is 35.5. The summed E-state index contributed by atoms with van der Waals surface area (Å²) in [6, 6.07) is 5.87. The van der Waals surface area contributed by atoms with Crippen molar-refractivity contribution in [3.05, 3.63) is 48.1 Å². The van der Waals surface area contributed by atoms with Crippen molar-refractivity contribution in [2.75, 3.05) is 24.6 Å². The van der Waals surface area contributed by atoms with Crippen LogP contribution in [-0.2, 0) is 4.74 Å². The highest BCUT2D eigenvalue weighted by Crippen LogP contribution is 2.42. The van der Waals surface area contributed by atoms with E-state index in [2.05, 4.69) is 26.8 Å². The highest BCUT2D eigenvalue weighted by Gasteiger charge is 2.47. The summed E-state index contributed by atoms with van der Waals surface area (Å²) in [6.07, 6.45) is 8.93. The molecule has 0 saturated carbocycles. The topological polar surface area (TPSA) is 90.3 Å². The fourth-order valence-corrected chi connectivity index (χ4v) is 5.51. The quantitative estimate of drug-likeness (QED) is 0.621. The van der Waals surface area contributed by atoms with Crippen molar-refractivity contribution in [1.29, 1.82) is 0 Å². The molecule has 7 nitrogen and oxygen atoms in total. The Bertz CT molecular complexity index is 1040. The van der Waals surface area contributed by atoms with Gasteiger partial charge in [-0.1, -0.05) is 29.4 Å². The normalized spacial score (nSPS) is 22.9. The zero-order valence-corrected chi connectivity index (χ0v) is 18.8. The van der Waals surface area contributed by atoms with Gasteiger partial charge in [-0.2, -0.15) is 0 Å². The van der Waals surface area contributed by atoms with Crippen LogP contribution in [0.25, 0.3) is 11.5 Å². The number of anilines is 1. The standard InChI is InChI=1S/C22H24ClN5O2S/c1-14-20(24)22(13-30-14)5-8-28(9-6-22)17-11-27-18(12-26-17)31-16-4-2-3-15(19(16)23)21-25-7-10-29-21/h2-4,7,10-12,14,20H,5-6,8-9,13,24H2,1H3/t14-,20+/m0/s1. The van der Waals surface area contributed by atoms with Gasteiger partial charge < -0.3 is 19.8 Å². The second kappa shape index (κ2) is 8.43. The van der Waals surface area contributed by atoms with Crippen LogP contribution < -0.4 is 10.6 Å². The predicted molar refractivity (Wildman–Crippen MR) is 120 cm³/mol. The lowest BCUT2D eigenvalue weighted by atomic mass is 9.73. The number of oxazole rings is 1. The number of hydrogen-bond acceptors (Lipinski definition) is 8. The van der Waals surface area contributed by atoms with Crippen LogP contribution in [0.2, 0.25) is 5.02 Å². The second-order valence-corrected chi connectivity index (χ2v) is 9.60. The van der Waals surface area contributed by atoms with E-state index in [1.165, 1.54) is 18.0 Å². The predicted octanol–water partition coefficient (Wildman–Crippen LogP) is 4.27. The first kappa shape index (κ1) is 20.8. The van der Waals surface area contributed by atoms with E-state index in [0.717, 1.165) is 53.8 Å². The molecule has 3 aromatic rings. The van der Waals surface area contributed by atoms with E-state index in [9.17, 15) is 0 Å². The molecule has 0 radical (unpaired) electrons. The highest BCUT2D eigenvalue weighted by molar-refractivity contribution is 7.99. The van der Waals surface area contributed by atoms with E-state index in [0.29, 0.717) is 10.9 Å². The summed E-state index contributed by atoms with van der Waals surface area (Å²) in [6.45, 7) is 4.66. The van der Waals surface area contributed by atoms with Crippen molar-refractivity contribution < 1.29 is 9.15 Å². The summed E-state index contributed by atoms with van der Waals surface area (Å²) >= 11 is 8.06. The molecule has 31 heavy (non-hydrogen) atoms. The fourth-order valence-electron chi connectivity index (χ4n) is 4.40. The van der Waals surface area contributed by atoms with E-state index in [1.54, 1.807) is 12.4 Å². The van der Waals surface area contributed by atoms with Crippen LogP contribution >= 0.6 is 23.4 Å². The van der Waals surface area contributed by atoms with E-state index < -0.39 is 0 Å². The number of rotatable bonds is 4. The second-order valence-electron chi connectivity index (χ2n) is 8.16. The van der Waals surface area contributed by atoms with Crippen molar-refractivity contribution in [3.63, 3.8) is 0 Å². The van der Waals surface area contributed by atoms with Crippen LogP contribution in [0.15, 0.2) is 57.4 Å². The first-order chi connectivity index (χ1) is 15.1. The van der Waals surface area contributed by atoms with E-state index in [1.807, 2.05) is 24.4 Å². The summed E-state index contributed by atoms with van der Waals surface area (Å²) in [5, 5.41) is 1.37. The lowest BCUT2D eigenvalue weighted by Crippen LogP contribution is -2.50. The van der Waals surface area contributed by atoms with Gasteiger partial charge in [0, 0.05) is 29.4 Å². The van der Waals surface area contributed by atoms with Gasteiger partial charge in [0.25, 0.3) is 0 Å². The molecular formula is C22H24ClN5O2S. The monoisotopic (exact) mass is 457 g/mol. The van der Waals surface area contributed by atoms with Crippen molar-refractivity contribution in [2.24, 2.45) is 11.1 Å². The third-order valence-corrected chi connectivity index (χ3v) is 7.88. The van der Waals surface area contributed by atoms with Crippen molar-refractivity contribution >= 4 is 29.2 Å². The Morgan fingerprint density at radius 1 is 1.19 bits per heavy atom. The number of ether oxygens (including phenoxy) is 1. The Kier molecular flexibility index (Phi) is 5.64. The average Bonchev–Trinajstić information content (AvgIpc) is 3.42. The van der Waals surface area contributed by atoms with Crippen LogP contribution in [0.4, 0.5) is 5.82 Å². The smallest absolute Gasteiger partial charge is 0.227 e. The third-order valence-electron chi connectivity index (χ3n) is 6.38. The van der Waals surface area contributed by atoms with Crippen LogP contribution in [0.1, 0.15) is 19.8 Å². The molecule has 0 aliphatic carbocycles. The van der Waals surface area contributed by atoms with Gasteiger partial charge >= 0.3 is 0 Å². The minimum Gasteiger partial charge on any atom is -0.444 e. The molecule has 2 aromatic heterocycles. The van der Waals surface area contributed by atoms with Crippen LogP contribution in [0, 0.1) is 5.41 Å². The van der Waals surface area contributed by atoms with Gasteiger partial charge in [-0.3, -0.25) is 0 Å². The van der Waals surface area contributed by atoms with Gasteiger partial charge in [0.05, 0.1) is 41.9 Å². The molecule has 4 heterocycles. The Hall–Kier alpha value is -2.13. The van der Waals surface area contributed by atoms with Gasteiger partial charge in [-0.25, -0.2) is 15.0 Å². The molecule has 2 aliphatic rings.